The van der Waals surface area contributed by atoms with Crippen LogP contribution in [0.2, 0.25) is 0 Å². The van der Waals surface area contributed by atoms with Gasteiger partial charge in [-0.2, -0.15) is 0 Å². The van der Waals surface area contributed by atoms with Crippen molar-refractivity contribution < 1.29 is 4.79 Å². The molecule has 6 heteroatoms. The van der Waals surface area contributed by atoms with Gasteiger partial charge in [-0.25, -0.2) is 4.98 Å². The van der Waals surface area contributed by atoms with Crippen LogP contribution in [0.15, 0.2) is 12.4 Å². The second-order valence-electron chi connectivity index (χ2n) is 5.39. The Morgan fingerprint density at radius 2 is 2.11 bits per heavy atom. The van der Waals surface area contributed by atoms with E-state index in [0.717, 1.165) is 13.0 Å². The van der Waals surface area contributed by atoms with E-state index >= 15 is 0 Å². The number of carbonyl (C=O) groups is 1. The zero-order valence-corrected chi connectivity index (χ0v) is 12.1. The number of anilines is 1. The number of nitrogens with one attached hydrogen (secondary N) is 1. The fourth-order valence-electron chi connectivity index (χ4n) is 1.94. The molecule has 1 amide bonds. The molecule has 0 saturated heterocycles. The van der Waals surface area contributed by atoms with Crippen molar-refractivity contribution in [2.24, 2.45) is 5.92 Å². The van der Waals surface area contributed by atoms with Crippen molar-refractivity contribution in [3.8, 4) is 0 Å². The molecule has 1 rings (SSSR count). The molecule has 0 aliphatic rings. The Balaban J connectivity index is 2.69. The molecular weight excluding hydrogens is 242 g/mol. The lowest BCUT2D eigenvalue weighted by Crippen LogP contribution is -2.42. The molecule has 0 bridgehead atoms. The van der Waals surface area contributed by atoms with E-state index in [-0.39, 0.29) is 23.5 Å². The number of hydrogen-bond donors (Lipinski definition) is 2. The SMILES string of the molecule is CC(C)CC(CN(C)C)NC(=O)c1cncc(N)n1. The highest BCUT2D eigenvalue weighted by Crippen LogP contribution is 2.07. The van der Waals surface area contributed by atoms with Crippen molar-refractivity contribution in [1.29, 1.82) is 0 Å². The molecule has 0 saturated carbocycles. The summed E-state index contributed by atoms with van der Waals surface area (Å²) in [7, 11) is 3.97. The zero-order valence-electron chi connectivity index (χ0n) is 12.1. The molecule has 1 atom stereocenters. The predicted molar refractivity (Wildman–Crippen MR) is 75.7 cm³/mol. The number of nitrogens with two attached hydrogens (primary N) is 1. The first kappa shape index (κ1) is 15.4. The lowest BCUT2D eigenvalue weighted by atomic mass is 10.0. The van der Waals surface area contributed by atoms with Gasteiger partial charge in [-0.1, -0.05) is 13.8 Å². The summed E-state index contributed by atoms with van der Waals surface area (Å²) in [6.45, 7) is 5.06. The van der Waals surface area contributed by atoms with Crippen LogP contribution in [-0.4, -0.2) is 47.5 Å². The minimum absolute atomic E-state index is 0.0886. The molecule has 106 valence electrons. The van der Waals surface area contributed by atoms with E-state index in [2.05, 4.69) is 34.0 Å². The summed E-state index contributed by atoms with van der Waals surface area (Å²) in [6, 6.07) is 0.0886. The molecule has 0 aromatic carbocycles. The quantitative estimate of drug-likeness (QED) is 0.793. The summed E-state index contributed by atoms with van der Waals surface area (Å²) in [4.78, 5) is 22.0. The highest BCUT2D eigenvalue weighted by atomic mass is 16.2. The second-order valence-corrected chi connectivity index (χ2v) is 5.39. The van der Waals surface area contributed by atoms with Gasteiger partial charge in [-0.3, -0.25) is 9.78 Å². The molecule has 0 fully saturated rings. The van der Waals surface area contributed by atoms with Crippen LogP contribution in [0.5, 0.6) is 0 Å². The van der Waals surface area contributed by atoms with Gasteiger partial charge in [-0.05, 0) is 26.4 Å². The third-order valence-corrected chi connectivity index (χ3v) is 2.56. The Morgan fingerprint density at radius 3 is 2.63 bits per heavy atom. The van der Waals surface area contributed by atoms with Gasteiger partial charge in [0.15, 0.2) is 0 Å². The lowest BCUT2D eigenvalue weighted by Gasteiger charge is -2.23. The van der Waals surface area contributed by atoms with E-state index in [0.29, 0.717) is 5.92 Å². The Kier molecular flexibility index (Phi) is 5.69. The van der Waals surface area contributed by atoms with Crippen molar-refractivity contribution in [1.82, 2.24) is 20.2 Å². The minimum Gasteiger partial charge on any atom is -0.382 e. The maximum absolute atomic E-state index is 12.1. The predicted octanol–water partition coefficient (Wildman–Crippen LogP) is 0.765. The Bertz CT molecular complexity index is 409. The first-order chi connectivity index (χ1) is 8.88. The number of nitrogens with zero attached hydrogens (tertiary/aromatic N) is 3. The summed E-state index contributed by atoms with van der Waals surface area (Å²) in [6.07, 6.45) is 3.76. The number of aromatic nitrogens is 2. The van der Waals surface area contributed by atoms with Crippen LogP contribution in [-0.2, 0) is 0 Å². The minimum atomic E-state index is -0.229. The number of likely N-dealkylation sites (N-methyl/N-ethyl adjacent to an activating group) is 1. The highest BCUT2D eigenvalue weighted by Gasteiger charge is 2.17. The second kappa shape index (κ2) is 7.04. The van der Waals surface area contributed by atoms with E-state index in [1.54, 1.807) is 0 Å². The van der Waals surface area contributed by atoms with Crippen LogP contribution in [0.1, 0.15) is 30.8 Å². The largest absolute Gasteiger partial charge is 0.382 e. The van der Waals surface area contributed by atoms with Gasteiger partial charge in [-0.15, -0.1) is 0 Å². The van der Waals surface area contributed by atoms with Crippen LogP contribution in [0.4, 0.5) is 5.82 Å². The average molecular weight is 265 g/mol. The third kappa shape index (κ3) is 5.65. The van der Waals surface area contributed by atoms with Crippen LogP contribution in [0.3, 0.4) is 0 Å². The van der Waals surface area contributed by atoms with Gasteiger partial charge < -0.3 is 16.0 Å². The van der Waals surface area contributed by atoms with E-state index in [1.165, 1.54) is 12.4 Å². The van der Waals surface area contributed by atoms with Crippen molar-refractivity contribution in [3.63, 3.8) is 0 Å². The summed E-state index contributed by atoms with van der Waals surface area (Å²) in [5.41, 5.74) is 5.78. The molecule has 0 aliphatic carbocycles. The normalized spacial score (nSPS) is 12.7. The fraction of sp³-hybridized carbons (Fsp3) is 0.615. The molecular formula is C13H23N5O. The molecule has 0 spiro atoms. The lowest BCUT2D eigenvalue weighted by molar-refractivity contribution is 0.0919. The molecule has 1 heterocycles. The van der Waals surface area contributed by atoms with Crippen LogP contribution >= 0.6 is 0 Å². The molecule has 0 radical (unpaired) electrons. The van der Waals surface area contributed by atoms with Crippen molar-refractivity contribution >= 4 is 11.7 Å². The standard InChI is InChI=1S/C13H23N5O/c1-9(2)5-10(8-18(3)4)16-13(19)11-6-15-7-12(14)17-11/h6-7,9-10H,5,8H2,1-4H3,(H2,14,17)(H,16,19). The van der Waals surface area contributed by atoms with Gasteiger partial charge in [0.25, 0.3) is 5.91 Å². The summed E-state index contributed by atoms with van der Waals surface area (Å²) >= 11 is 0. The van der Waals surface area contributed by atoms with Crippen molar-refractivity contribution in [2.75, 3.05) is 26.4 Å². The van der Waals surface area contributed by atoms with E-state index in [4.69, 9.17) is 5.73 Å². The van der Waals surface area contributed by atoms with Gasteiger partial charge in [0.1, 0.15) is 11.5 Å². The van der Waals surface area contributed by atoms with Crippen molar-refractivity contribution in [2.45, 2.75) is 26.3 Å². The summed E-state index contributed by atoms with van der Waals surface area (Å²) < 4.78 is 0. The third-order valence-electron chi connectivity index (χ3n) is 2.56. The Morgan fingerprint density at radius 1 is 1.42 bits per heavy atom. The Labute approximate surface area is 114 Å². The van der Waals surface area contributed by atoms with E-state index in [1.807, 2.05) is 14.1 Å². The molecule has 6 nitrogen and oxygen atoms in total. The van der Waals surface area contributed by atoms with E-state index < -0.39 is 0 Å². The van der Waals surface area contributed by atoms with Gasteiger partial charge >= 0.3 is 0 Å². The maximum Gasteiger partial charge on any atom is 0.271 e. The van der Waals surface area contributed by atoms with E-state index in [9.17, 15) is 4.79 Å². The molecule has 3 N–H and O–H groups in total. The topological polar surface area (TPSA) is 84.1 Å². The molecule has 1 aromatic rings. The zero-order chi connectivity index (χ0) is 14.4. The van der Waals surface area contributed by atoms with Crippen LogP contribution < -0.4 is 11.1 Å². The number of nitrogen functional groups attached to an aromatic ring is 1. The monoisotopic (exact) mass is 265 g/mol. The Hall–Kier alpha value is -1.69. The number of rotatable bonds is 6. The molecule has 1 aromatic heterocycles. The number of amides is 1. The molecule has 0 aliphatic heterocycles. The van der Waals surface area contributed by atoms with Crippen molar-refractivity contribution in [3.05, 3.63) is 18.1 Å². The summed E-state index contributed by atoms with van der Waals surface area (Å²) in [5.74, 6) is 0.533. The van der Waals surface area contributed by atoms with Crippen LogP contribution in [0, 0.1) is 5.92 Å². The summed E-state index contributed by atoms with van der Waals surface area (Å²) in [5, 5.41) is 2.98. The smallest absolute Gasteiger partial charge is 0.271 e. The van der Waals surface area contributed by atoms with Gasteiger partial charge in [0, 0.05) is 12.6 Å². The first-order valence-corrected chi connectivity index (χ1v) is 6.41. The molecule has 19 heavy (non-hydrogen) atoms. The first-order valence-electron chi connectivity index (χ1n) is 6.41. The number of carbonyl (C=O) groups excluding carboxylic acids is 1. The fourth-order valence-corrected chi connectivity index (χ4v) is 1.94. The highest BCUT2D eigenvalue weighted by molar-refractivity contribution is 5.92. The maximum atomic E-state index is 12.1. The van der Waals surface area contributed by atoms with Gasteiger partial charge in [0.2, 0.25) is 0 Å². The van der Waals surface area contributed by atoms with Gasteiger partial charge in [0.05, 0.1) is 12.4 Å². The molecule has 1 unspecified atom stereocenters. The average Bonchev–Trinajstić information content (AvgIpc) is 2.26. The van der Waals surface area contributed by atoms with Crippen LogP contribution in [0.25, 0.3) is 0 Å². The number of hydrogen-bond acceptors (Lipinski definition) is 5.